The van der Waals surface area contributed by atoms with Crippen molar-refractivity contribution in [3.63, 3.8) is 0 Å². The molecule has 1 aliphatic carbocycles. The molecule has 1 amide bonds. The van der Waals surface area contributed by atoms with Gasteiger partial charge < -0.3 is 5.32 Å². The number of fused-ring (bicyclic) bond motifs is 1. The lowest BCUT2D eigenvalue weighted by molar-refractivity contribution is 0.0935. The number of rotatable bonds is 4. The minimum absolute atomic E-state index is 0.0123. The van der Waals surface area contributed by atoms with Crippen molar-refractivity contribution < 1.29 is 4.79 Å². The molecule has 0 heterocycles. The zero-order valence-corrected chi connectivity index (χ0v) is 14.1. The molecule has 2 nitrogen and oxygen atoms in total. The van der Waals surface area contributed by atoms with Crippen LogP contribution in [0.5, 0.6) is 0 Å². The van der Waals surface area contributed by atoms with E-state index in [0.29, 0.717) is 0 Å². The molecule has 2 aromatic rings. The first-order valence-electron chi connectivity index (χ1n) is 8.66. The maximum atomic E-state index is 12.5. The van der Waals surface area contributed by atoms with Crippen LogP contribution in [0.25, 0.3) is 0 Å². The lowest BCUT2D eigenvalue weighted by atomic mass is 9.88. The molecular weight excluding hydrogens is 282 g/mol. The van der Waals surface area contributed by atoms with Crippen LogP contribution in [0, 0.1) is 6.92 Å². The molecule has 3 rings (SSSR count). The lowest BCUT2D eigenvalue weighted by Gasteiger charge is -2.22. The molecule has 1 aliphatic rings. The number of hydrogen-bond donors (Lipinski definition) is 1. The Bertz CT molecular complexity index is 705. The summed E-state index contributed by atoms with van der Waals surface area (Å²) < 4.78 is 0. The van der Waals surface area contributed by atoms with E-state index in [0.717, 1.165) is 17.5 Å². The maximum Gasteiger partial charge on any atom is 0.251 e. The molecule has 0 fully saturated rings. The number of aryl methyl sites for hydroxylation is 3. The molecule has 0 spiro atoms. The molecular formula is C21H25NO. The molecule has 0 unspecified atom stereocenters. The number of carbonyl (C=O) groups is 1. The van der Waals surface area contributed by atoms with Crippen molar-refractivity contribution in [3.05, 3.63) is 70.3 Å². The van der Waals surface area contributed by atoms with Crippen LogP contribution in [0.4, 0.5) is 0 Å². The molecule has 0 saturated carbocycles. The van der Waals surface area contributed by atoms with Crippen molar-refractivity contribution in [2.75, 3.05) is 0 Å². The largest absolute Gasteiger partial charge is 0.345 e. The summed E-state index contributed by atoms with van der Waals surface area (Å²) >= 11 is 0. The normalized spacial score (nSPS) is 14.9. The highest BCUT2D eigenvalue weighted by molar-refractivity contribution is 5.94. The minimum atomic E-state index is 0.0123. The zero-order chi connectivity index (χ0) is 16.2. The minimum Gasteiger partial charge on any atom is -0.345 e. The highest BCUT2D eigenvalue weighted by atomic mass is 16.1. The first-order chi connectivity index (χ1) is 11.2. The van der Waals surface area contributed by atoms with E-state index in [1.54, 1.807) is 0 Å². The summed E-state index contributed by atoms with van der Waals surface area (Å²) in [7, 11) is 0. The van der Waals surface area contributed by atoms with E-state index in [9.17, 15) is 4.79 Å². The monoisotopic (exact) mass is 307 g/mol. The molecule has 0 bridgehead atoms. The van der Waals surface area contributed by atoms with Crippen LogP contribution in [0.2, 0.25) is 0 Å². The number of carbonyl (C=O) groups excluding carboxylic acids is 1. The Morgan fingerprint density at radius 2 is 1.87 bits per heavy atom. The summed E-state index contributed by atoms with van der Waals surface area (Å²) in [5, 5.41) is 3.19. The van der Waals surface area contributed by atoms with Crippen LogP contribution in [0.15, 0.2) is 42.5 Å². The van der Waals surface area contributed by atoms with Crippen LogP contribution >= 0.6 is 0 Å². The van der Waals surface area contributed by atoms with Crippen LogP contribution in [0.1, 0.15) is 64.8 Å². The van der Waals surface area contributed by atoms with Gasteiger partial charge in [0.05, 0.1) is 6.04 Å². The van der Waals surface area contributed by atoms with Crippen LogP contribution in [0.3, 0.4) is 0 Å². The fourth-order valence-electron chi connectivity index (χ4n) is 3.42. The fourth-order valence-corrected chi connectivity index (χ4v) is 3.42. The Morgan fingerprint density at radius 1 is 1.09 bits per heavy atom. The van der Waals surface area contributed by atoms with E-state index in [2.05, 4.69) is 30.4 Å². The Morgan fingerprint density at radius 3 is 2.61 bits per heavy atom. The Hall–Kier alpha value is -2.09. The first kappa shape index (κ1) is 15.8. The molecule has 120 valence electrons. The van der Waals surface area contributed by atoms with Gasteiger partial charge in [0.25, 0.3) is 5.91 Å². The average Bonchev–Trinajstić information content (AvgIpc) is 2.59. The van der Waals surface area contributed by atoms with E-state index in [-0.39, 0.29) is 11.9 Å². The molecule has 1 N–H and O–H groups in total. The molecule has 2 heteroatoms. The van der Waals surface area contributed by atoms with Crippen molar-refractivity contribution in [1.82, 2.24) is 5.32 Å². The van der Waals surface area contributed by atoms with Crippen LogP contribution < -0.4 is 5.32 Å². The van der Waals surface area contributed by atoms with E-state index >= 15 is 0 Å². The van der Waals surface area contributed by atoms with E-state index < -0.39 is 0 Å². The topological polar surface area (TPSA) is 29.1 Å². The van der Waals surface area contributed by atoms with Crippen molar-refractivity contribution >= 4 is 5.91 Å². The van der Waals surface area contributed by atoms with E-state index in [4.69, 9.17) is 0 Å². The van der Waals surface area contributed by atoms with Gasteiger partial charge in [0.15, 0.2) is 0 Å². The van der Waals surface area contributed by atoms with Gasteiger partial charge in [0, 0.05) is 5.56 Å². The van der Waals surface area contributed by atoms with Crippen molar-refractivity contribution in [3.8, 4) is 0 Å². The van der Waals surface area contributed by atoms with Gasteiger partial charge in [0.1, 0.15) is 0 Å². The van der Waals surface area contributed by atoms with Crippen LogP contribution in [-0.4, -0.2) is 5.91 Å². The van der Waals surface area contributed by atoms with Crippen molar-refractivity contribution in [1.29, 1.82) is 0 Å². The third-order valence-corrected chi connectivity index (χ3v) is 4.77. The average molecular weight is 307 g/mol. The molecule has 0 saturated heterocycles. The van der Waals surface area contributed by atoms with Gasteiger partial charge in [-0.05, 0) is 67.9 Å². The summed E-state index contributed by atoms with van der Waals surface area (Å²) in [5.41, 5.74) is 6.03. The van der Waals surface area contributed by atoms with Gasteiger partial charge >= 0.3 is 0 Å². The quantitative estimate of drug-likeness (QED) is 0.867. The highest BCUT2D eigenvalue weighted by Crippen LogP contribution is 2.26. The number of hydrogen-bond acceptors (Lipinski definition) is 1. The summed E-state index contributed by atoms with van der Waals surface area (Å²) in [5.74, 6) is 0.0123. The number of nitrogens with one attached hydrogen (secondary N) is 1. The lowest BCUT2D eigenvalue weighted by Crippen LogP contribution is -2.28. The molecule has 0 aliphatic heterocycles. The second-order valence-electron chi connectivity index (χ2n) is 6.54. The number of amides is 1. The SMILES string of the molecule is CC[C@@H](NC(=O)c1cccc(C)c1)c1ccc2c(c1)CCCC2. The summed E-state index contributed by atoms with van der Waals surface area (Å²) in [6.45, 7) is 4.14. The standard InChI is InChI=1S/C21H25NO/c1-3-20(22-21(23)19-10-6-7-15(2)13-19)18-12-11-16-8-4-5-9-17(16)14-18/h6-7,10-14,20H,3-5,8-9H2,1-2H3,(H,22,23)/t20-/m1/s1. The van der Waals surface area contributed by atoms with E-state index in [1.807, 2.05) is 31.2 Å². The summed E-state index contributed by atoms with van der Waals surface area (Å²) in [6.07, 6.45) is 5.85. The third-order valence-electron chi connectivity index (χ3n) is 4.77. The second kappa shape index (κ2) is 6.99. The smallest absolute Gasteiger partial charge is 0.251 e. The molecule has 0 radical (unpaired) electrons. The third kappa shape index (κ3) is 3.64. The Kier molecular flexibility index (Phi) is 4.80. The molecule has 1 atom stereocenters. The van der Waals surface area contributed by atoms with Crippen molar-refractivity contribution in [2.45, 2.75) is 52.0 Å². The fraction of sp³-hybridized carbons (Fsp3) is 0.381. The predicted octanol–water partition coefficient (Wildman–Crippen LogP) is 4.75. The van der Waals surface area contributed by atoms with Gasteiger partial charge in [0.2, 0.25) is 0 Å². The molecule has 2 aromatic carbocycles. The van der Waals surface area contributed by atoms with Gasteiger partial charge in [-0.25, -0.2) is 0 Å². The van der Waals surface area contributed by atoms with Gasteiger partial charge in [-0.2, -0.15) is 0 Å². The zero-order valence-electron chi connectivity index (χ0n) is 14.1. The Labute approximate surface area is 138 Å². The van der Waals surface area contributed by atoms with Gasteiger partial charge in [-0.1, -0.05) is 42.8 Å². The summed E-state index contributed by atoms with van der Waals surface area (Å²) in [4.78, 5) is 12.5. The first-order valence-corrected chi connectivity index (χ1v) is 8.66. The number of benzene rings is 2. The van der Waals surface area contributed by atoms with Crippen molar-refractivity contribution in [2.24, 2.45) is 0 Å². The van der Waals surface area contributed by atoms with E-state index in [1.165, 1.54) is 42.4 Å². The molecule has 0 aromatic heterocycles. The van der Waals surface area contributed by atoms with Crippen LogP contribution in [-0.2, 0) is 12.8 Å². The molecule has 23 heavy (non-hydrogen) atoms. The predicted molar refractivity (Wildman–Crippen MR) is 94.8 cm³/mol. The Balaban J connectivity index is 1.78. The highest BCUT2D eigenvalue weighted by Gasteiger charge is 2.17. The second-order valence-corrected chi connectivity index (χ2v) is 6.54. The van der Waals surface area contributed by atoms with Gasteiger partial charge in [-0.15, -0.1) is 0 Å². The van der Waals surface area contributed by atoms with Gasteiger partial charge in [-0.3, -0.25) is 4.79 Å². The maximum absolute atomic E-state index is 12.5. The summed E-state index contributed by atoms with van der Waals surface area (Å²) in [6, 6.07) is 14.6.